The minimum Gasteiger partial charge on any atom is -0.496 e. The van der Waals surface area contributed by atoms with Gasteiger partial charge in [-0.15, -0.1) is 0 Å². The number of hydrogen-bond acceptors (Lipinski definition) is 3. The highest BCUT2D eigenvalue weighted by Crippen LogP contribution is 2.24. The fourth-order valence-electron chi connectivity index (χ4n) is 2.66. The maximum absolute atomic E-state index is 13.0. The van der Waals surface area contributed by atoms with Gasteiger partial charge in [-0.25, -0.2) is 4.39 Å². The van der Waals surface area contributed by atoms with Crippen molar-refractivity contribution in [1.82, 2.24) is 0 Å². The Balaban J connectivity index is 1.75. The first kappa shape index (κ1) is 20.9. The molecule has 0 unspecified atom stereocenters. The molecule has 148 valence electrons. The maximum Gasteiger partial charge on any atom is 0.187 e. The van der Waals surface area contributed by atoms with Gasteiger partial charge in [-0.1, -0.05) is 35.3 Å². The van der Waals surface area contributed by atoms with Crippen molar-refractivity contribution in [2.75, 3.05) is 7.11 Å². The number of carbonyl (C=O) groups excluding carboxylic acids is 1. The highest BCUT2D eigenvalue weighted by Gasteiger charge is 2.09. The van der Waals surface area contributed by atoms with Gasteiger partial charge in [-0.3, -0.25) is 4.79 Å². The van der Waals surface area contributed by atoms with Crippen LogP contribution in [0.4, 0.5) is 4.39 Å². The normalized spacial score (nSPS) is 10.9. The lowest BCUT2D eigenvalue weighted by Crippen LogP contribution is -1.99. The highest BCUT2D eigenvalue weighted by atomic mass is 35.5. The Kier molecular flexibility index (Phi) is 6.91. The molecule has 0 bridgehead atoms. The van der Waals surface area contributed by atoms with Crippen LogP contribution in [0.3, 0.4) is 0 Å². The molecule has 3 aromatic rings. The van der Waals surface area contributed by atoms with Gasteiger partial charge in [0, 0.05) is 16.1 Å². The smallest absolute Gasteiger partial charge is 0.187 e. The number of ketones is 1. The average molecular weight is 431 g/mol. The number of allylic oxidation sites excluding steroid dienone is 1. The molecule has 3 nitrogen and oxygen atoms in total. The topological polar surface area (TPSA) is 35.5 Å². The third-order valence-corrected chi connectivity index (χ3v) is 4.68. The zero-order chi connectivity index (χ0) is 20.8. The van der Waals surface area contributed by atoms with E-state index >= 15 is 0 Å². The Bertz CT molecular complexity index is 1050. The third kappa shape index (κ3) is 5.59. The van der Waals surface area contributed by atoms with Crippen molar-refractivity contribution in [2.45, 2.75) is 6.61 Å². The van der Waals surface area contributed by atoms with E-state index < -0.39 is 0 Å². The molecule has 0 aliphatic carbocycles. The summed E-state index contributed by atoms with van der Waals surface area (Å²) in [5, 5.41) is 0.770. The Labute approximate surface area is 178 Å². The summed E-state index contributed by atoms with van der Waals surface area (Å²) in [7, 11) is 1.57. The van der Waals surface area contributed by atoms with Gasteiger partial charge in [0.2, 0.25) is 0 Å². The second kappa shape index (κ2) is 9.59. The Morgan fingerprint density at radius 3 is 2.48 bits per heavy atom. The van der Waals surface area contributed by atoms with Gasteiger partial charge in [-0.05, 0) is 66.2 Å². The van der Waals surface area contributed by atoms with E-state index in [0.717, 1.165) is 11.1 Å². The van der Waals surface area contributed by atoms with Crippen LogP contribution in [0.25, 0.3) is 6.08 Å². The van der Waals surface area contributed by atoms with E-state index in [1.165, 1.54) is 24.3 Å². The van der Waals surface area contributed by atoms with Crippen LogP contribution in [0.15, 0.2) is 66.7 Å². The lowest BCUT2D eigenvalue weighted by Gasteiger charge is -2.11. The summed E-state index contributed by atoms with van der Waals surface area (Å²) in [6.07, 6.45) is 3.13. The van der Waals surface area contributed by atoms with Gasteiger partial charge in [0.1, 0.15) is 23.9 Å². The predicted molar refractivity (Wildman–Crippen MR) is 114 cm³/mol. The van der Waals surface area contributed by atoms with Crippen molar-refractivity contribution in [1.29, 1.82) is 0 Å². The van der Waals surface area contributed by atoms with E-state index in [1.54, 1.807) is 43.5 Å². The summed E-state index contributed by atoms with van der Waals surface area (Å²) in [4.78, 5) is 12.4. The summed E-state index contributed by atoms with van der Waals surface area (Å²) in [5.41, 5.74) is 1.96. The molecule has 3 rings (SSSR count). The highest BCUT2D eigenvalue weighted by molar-refractivity contribution is 6.37. The molecule has 0 saturated heterocycles. The number of ether oxygens (including phenoxy) is 2. The van der Waals surface area contributed by atoms with Crippen LogP contribution >= 0.6 is 23.2 Å². The molecule has 0 N–H and O–H groups in total. The fourth-order valence-corrected chi connectivity index (χ4v) is 3.16. The summed E-state index contributed by atoms with van der Waals surface area (Å²) in [5.74, 6) is 0.636. The second-order valence-electron chi connectivity index (χ2n) is 6.14. The second-order valence-corrected chi connectivity index (χ2v) is 6.98. The number of hydrogen-bond donors (Lipinski definition) is 0. The molecule has 0 spiro atoms. The molecule has 0 aliphatic heterocycles. The number of halogens is 3. The van der Waals surface area contributed by atoms with Gasteiger partial charge in [0.25, 0.3) is 0 Å². The molecule has 0 radical (unpaired) electrons. The van der Waals surface area contributed by atoms with Crippen LogP contribution in [0.2, 0.25) is 10.0 Å². The summed E-state index contributed by atoms with van der Waals surface area (Å²) < 4.78 is 24.1. The molecule has 6 heteroatoms. The van der Waals surface area contributed by atoms with Crippen LogP contribution in [-0.2, 0) is 6.61 Å². The minimum atomic E-state index is -0.326. The third-order valence-electron chi connectivity index (χ3n) is 4.14. The molecule has 0 atom stereocenters. The standard InChI is InChI=1S/C23H17Cl2FO3/c1-28-23-11-3-15(2-10-22(27)20-9-4-17(24)13-21(20)25)12-16(23)14-29-19-7-5-18(26)6-8-19/h2-13H,14H2,1H3/b10-2+. The van der Waals surface area contributed by atoms with Crippen LogP contribution in [0, 0.1) is 5.82 Å². The molecule has 0 saturated carbocycles. The monoisotopic (exact) mass is 430 g/mol. The maximum atomic E-state index is 13.0. The van der Waals surface area contributed by atoms with Gasteiger partial charge in [0.05, 0.1) is 12.1 Å². The molecule has 3 aromatic carbocycles. The van der Waals surface area contributed by atoms with Crippen molar-refractivity contribution in [3.8, 4) is 11.5 Å². The lowest BCUT2D eigenvalue weighted by atomic mass is 10.1. The minimum absolute atomic E-state index is 0.230. The zero-order valence-corrected chi connectivity index (χ0v) is 17.0. The largest absolute Gasteiger partial charge is 0.496 e. The van der Waals surface area contributed by atoms with E-state index in [2.05, 4.69) is 0 Å². The first-order chi connectivity index (χ1) is 14.0. The molecule has 0 fully saturated rings. The zero-order valence-electron chi connectivity index (χ0n) is 15.5. The summed E-state index contributed by atoms with van der Waals surface area (Å²) in [6.45, 7) is 0.230. The van der Waals surface area contributed by atoms with Crippen LogP contribution in [0.1, 0.15) is 21.5 Å². The number of methoxy groups -OCH3 is 1. The molecule has 0 aliphatic rings. The average Bonchev–Trinajstić information content (AvgIpc) is 2.71. The molecular weight excluding hydrogens is 414 g/mol. The van der Waals surface area contributed by atoms with Crippen molar-refractivity contribution in [3.63, 3.8) is 0 Å². The molecular formula is C23H17Cl2FO3. The quantitative estimate of drug-likeness (QED) is 0.312. The lowest BCUT2D eigenvalue weighted by molar-refractivity contribution is 0.104. The molecule has 0 amide bonds. The first-order valence-corrected chi connectivity index (χ1v) is 9.44. The fraction of sp³-hybridized carbons (Fsp3) is 0.0870. The number of benzene rings is 3. The van der Waals surface area contributed by atoms with Crippen molar-refractivity contribution < 1.29 is 18.7 Å². The Morgan fingerprint density at radius 2 is 1.79 bits per heavy atom. The van der Waals surface area contributed by atoms with E-state index in [0.29, 0.717) is 27.1 Å². The SMILES string of the molecule is COc1ccc(/C=C/C(=O)c2ccc(Cl)cc2Cl)cc1COc1ccc(F)cc1. The number of carbonyl (C=O) groups is 1. The van der Waals surface area contributed by atoms with Gasteiger partial charge in [0.15, 0.2) is 5.78 Å². The van der Waals surface area contributed by atoms with E-state index in [9.17, 15) is 9.18 Å². The predicted octanol–water partition coefficient (Wildman–Crippen LogP) is 6.62. The van der Waals surface area contributed by atoms with Crippen LogP contribution < -0.4 is 9.47 Å². The molecule has 29 heavy (non-hydrogen) atoms. The van der Waals surface area contributed by atoms with Gasteiger partial charge in [-0.2, -0.15) is 0 Å². The van der Waals surface area contributed by atoms with Gasteiger partial charge < -0.3 is 9.47 Å². The van der Waals surface area contributed by atoms with Crippen molar-refractivity contribution >= 4 is 35.1 Å². The van der Waals surface area contributed by atoms with Crippen LogP contribution in [-0.4, -0.2) is 12.9 Å². The van der Waals surface area contributed by atoms with E-state index in [1.807, 2.05) is 12.1 Å². The Morgan fingerprint density at radius 1 is 1.03 bits per heavy atom. The van der Waals surface area contributed by atoms with Gasteiger partial charge >= 0.3 is 0 Å². The Hall–Kier alpha value is -2.82. The molecule has 0 aromatic heterocycles. The summed E-state index contributed by atoms with van der Waals surface area (Å²) in [6, 6.07) is 16.0. The summed E-state index contributed by atoms with van der Waals surface area (Å²) >= 11 is 12.0. The number of rotatable bonds is 7. The molecule has 0 heterocycles. The van der Waals surface area contributed by atoms with E-state index in [4.69, 9.17) is 32.7 Å². The van der Waals surface area contributed by atoms with Crippen molar-refractivity contribution in [2.24, 2.45) is 0 Å². The van der Waals surface area contributed by atoms with Crippen molar-refractivity contribution in [3.05, 3.63) is 99.3 Å². The van der Waals surface area contributed by atoms with Crippen LogP contribution in [0.5, 0.6) is 11.5 Å². The first-order valence-electron chi connectivity index (χ1n) is 8.69. The van der Waals surface area contributed by atoms with E-state index in [-0.39, 0.29) is 18.2 Å².